The van der Waals surface area contributed by atoms with Crippen LogP contribution in [-0.2, 0) is 9.53 Å². The number of likely N-dealkylation sites (tertiary alicyclic amines) is 1. The molecule has 2 aliphatic heterocycles. The summed E-state index contributed by atoms with van der Waals surface area (Å²) in [6.45, 7) is 7.43. The maximum atomic E-state index is 12.0. The van der Waals surface area contributed by atoms with Crippen LogP contribution in [0.25, 0.3) is 0 Å². The van der Waals surface area contributed by atoms with Gasteiger partial charge in [0.15, 0.2) is 0 Å². The first-order valence-corrected chi connectivity index (χ1v) is 7.02. The third-order valence-corrected chi connectivity index (χ3v) is 3.92. The molecule has 0 spiro atoms. The fraction of sp³-hybridized carbons (Fsp3) is 0.923. The van der Waals surface area contributed by atoms with Gasteiger partial charge in [-0.15, -0.1) is 0 Å². The van der Waals surface area contributed by atoms with Gasteiger partial charge >= 0.3 is 0 Å². The summed E-state index contributed by atoms with van der Waals surface area (Å²) in [4.78, 5) is 16.6. The third-order valence-electron chi connectivity index (χ3n) is 3.92. The van der Waals surface area contributed by atoms with E-state index in [-0.39, 0.29) is 11.8 Å². The Hall–Kier alpha value is -0.650. The number of amides is 1. The van der Waals surface area contributed by atoms with Crippen LogP contribution in [0.15, 0.2) is 0 Å². The van der Waals surface area contributed by atoms with E-state index in [2.05, 4.69) is 22.2 Å². The van der Waals surface area contributed by atoms with Crippen LogP contribution >= 0.6 is 0 Å². The molecule has 0 bridgehead atoms. The van der Waals surface area contributed by atoms with E-state index in [4.69, 9.17) is 4.74 Å². The highest BCUT2D eigenvalue weighted by molar-refractivity contribution is 5.78. The van der Waals surface area contributed by atoms with Crippen LogP contribution in [0.5, 0.6) is 0 Å². The van der Waals surface area contributed by atoms with Gasteiger partial charge in [0.25, 0.3) is 0 Å². The van der Waals surface area contributed by atoms with E-state index in [1.165, 1.54) is 0 Å². The summed E-state index contributed by atoms with van der Waals surface area (Å²) >= 11 is 0. The van der Waals surface area contributed by atoms with Crippen molar-refractivity contribution in [2.75, 3.05) is 59.5 Å². The van der Waals surface area contributed by atoms with Gasteiger partial charge in [0.1, 0.15) is 0 Å². The molecule has 1 amide bonds. The Morgan fingerprint density at radius 1 is 1.22 bits per heavy atom. The molecule has 0 aliphatic carbocycles. The highest BCUT2D eigenvalue weighted by Crippen LogP contribution is 2.15. The zero-order chi connectivity index (χ0) is 12.8. The monoisotopic (exact) mass is 255 g/mol. The van der Waals surface area contributed by atoms with E-state index in [0.29, 0.717) is 0 Å². The number of nitrogens with one attached hydrogen (secondary N) is 1. The molecule has 0 saturated carbocycles. The Balaban J connectivity index is 1.59. The molecule has 0 aromatic rings. The van der Waals surface area contributed by atoms with E-state index in [1.54, 1.807) is 0 Å². The average molecular weight is 255 g/mol. The number of hydrogen-bond acceptors (Lipinski definition) is 4. The van der Waals surface area contributed by atoms with Crippen molar-refractivity contribution < 1.29 is 9.53 Å². The number of carbonyl (C=O) groups is 1. The van der Waals surface area contributed by atoms with Crippen molar-refractivity contribution in [1.82, 2.24) is 15.1 Å². The number of piperidine rings is 1. The number of morpholine rings is 1. The quantitative estimate of drug-likeness (QED) is 0.754. The number of rotatable bonds is 4. The fourth-order valence-corrected chi connectivity index (χ4v) is 2.58. The largest absolute Gasteiger partial charge is 0.379 e. The molecule has 0 aromatic carbocycles. The summed E-state index contributed by atoms with van der Waals surface area (Å²) in [6, 6.07) is 0. The van der Waals surface area contributed by atoms with Crippen molar-refractivity contribution in [3.8, 4) is 0 Å². The Kier molecular flexibility index (Phi) is 5.41. The van der Waals surface area contributed by atoms with Gasteiger partial charge in [-0.1, -0.05) is 0 Å². The molecule has 2 heterocycles. The summed E-state index contributed by atoms with van der Waals surface area (Å²) in [6.07, 6.45) is 2.00. The molecule has 2 fully saturated rings. The van der Waals surface area contributed by atoms with Crippen LogP contribution < -0.4 is 5.32 Å². The molecule has 5 nitrogen and oxygen atoms in total. The van der Waals surface area contributed by atoms with Crippen LogP contribution in [0.4, 0.5) is 0 Å². The van der Waals surface area contributed by atoms with Crippen molar-refractivity contribution in [3.63, 3.8) is 0 Å². The van der Waals surface area contributed by atoms with Gasteiger partial charge in [-0.3, -0.25) is 9.69 Å². The van der Waals surface area contributed by atoms with Crippen molar-refractivity contribution >= 4 is 5.91 Å². The van der Waals surface area contributed by atoms with Crippen LogP contribution in [-0.4, -0.2) is 75.2 Å². The number of ether oxygens (including phenoxy) is 1. The van der Waals surface area contributed by atoms with E-state index in [0.717, 1.165) is 65.3 Å². The van der Waals surface area contributed by atoms with E-state index >= 15 is 0 Å². The molecular formula is C13H25N3O2. The molecule has 1 N–H and O–H groups in total. The minimum absolute atomic E-state index is 0.228. The van der Waals surface area contributed by atoms with Crippen LogP contribution in [0.1, 0.15) is 12.8 Å². The second kappa shape index (κ2) is 7.07. The van der Waals surface area contributed by atoms with Gasteiger partial charge in [0.2, 0.25) is 5.91 Å². The molecule has 2 rings (SSSR count). The number of carbonyl (C=O) groups excluding carboxylic acids is 1. The molecule has 0 unspecified atom stereocenters. The Bertz CT molecular complexity index is 259. The lowest BCUT2D eigenvalue weighted by atomic mass is 9.96. The fourth-order valence-electron chi connectivity index (χ4n) is 2.58. The SMILES string of the molecule is CN1CCC(C(=O)NCCN2CCOCC2)CC1. The Morgan fingerprint density at radius 2 is 1.89 bits per heavy atom. The van der Waals surface area contributed by atoms with Gasteiger partial charge in [-0.05, 0) is 33.0 Å². The smallest absolute Gasteiger partial charge is 0.223 e. The first-order valence-electron chi connectivity index (χ1n) is 7.02. The van der Waals surface area contributed by atoms with Crippen LogP contribution in [0, 0.1) is 5.92 Å². The second-order valence-corrected chi connectivity index (χ2v) is 5.32. The molecular weight excluding hydrogens is 230 g/mol. The summed E-state index contributed by atoms with van der Waals surface area (Å²) in [5.74, 6) is 0.474. The minimum atomic E-state index is 0.228. The molecule has 2 saturated heterocycles. The van der Waals surface area contributed by atoms with Gasteiger partial charge in [0.05, 0.1) is 13.2 Å². The minimum Gasteiger partial charge on any atom is -0.379 e. The van der Waals surface area contributed by atoms with E-state index < -0.39 is 0 Å². The predicted molar refractivity (Wildman–Crippen MR) is 70.5 cm³/mol. The summed E-state index contributed by atoms with van der Waals surface area (Å²) < 4.78 is 5.30. The normalized spacial score (nSPS) is 24.1. The zero-order valence-electron chi connectivity index (χ0n) is 11.4. The van der Waals surface area contributed by atoms with E-state index in [9.17, 15) is 4.79 Å². The van der Waals surface area contributed by atoms with Crippen molar-refractivity contribution in [3.05, 3.63) is 0 Å². The molecule has 0 aromatic heterocycles. The Labute approximate surface area is 109 Å². The molecule has 18 heavy (non-hydrogen) atoms. The van der Waals surface area contributed by atoms with Crippen molar-refractivity contribution in [2.24, 2.45) is 5.92 Å². The lowest BCUT2D eigenvalue weighted by Crippen LogP contribution is -2.44. The molecule has 0 atom stereocenters. The third kappa shape index (κ3) is 4.23. The zero-order valence-corrected chi connectivity index (χ0v) is 11.4. The van der Waals surface area contributed by atoms with Crippen molar-refractivity contribution in [2.45, 2.75) is 12.8 Å². The lowest BCUT2D eigenvalue weighted by Gasteiger charge is -2.29. The van der Waals surface area contributed by atoms with Crippen LogP contribution in [0.3, 0.4) is 0 Å². The van der Waals surface area contributed by atoms with Crippen molar-refractivity contribution in [1.29, 1.82) is 0 Å². The van der Waals surface area contributed by atoms with E-state index in [1.807, 2.05) is 0 Å². The molecule has 2 aliphatic rings. The van der Waals surface area contributed by atoms with Gasteiger partial charge in [-0.25, -0.2) is 0 Å². The second-order valence-electron chi connectivity index (χ2n) is 5.32. The topological polar surface area (TPSA) is 44.8 Å². The molecule has 104 valence electrons. The predicted octanol–water partition coefficient (Wildman–Crippen LogP) is -0.223. The summed E-state index contributed by atoms with van der Waals surface area (Å²) in [5, 5.41) is 3.07. The highest BCUT2D eigenvalue weighted by Gasteiger charge is 2.23. The first kappa shape index (κ1) is 13.8. The van der Waals surface area contributed by atoms with Crippen LogP contribution in [0.2, 0.25) is 0 Å². The summed E-state index contributed by atoms with van der Waals surface area (Å²) in [7, 11) is 2.12. The first-order chi connectivity index (χ1) is 8.75. The standard InChI is InChI=1S/C13H25N3O2/c1-15-5-2-12(3-6-15)13(17)14-4-7-16-8-10-18-11-9-16/h12H,2-11H2,1H3,(H,14,17). The number of hydrogen-bond donors (Lipinski definition) is 1. The maximum absolute atomic E-state index is 12.0. The number of nitrogens with zero attached hydrogens (tertiary/aromatic N) is 2. The maximum Gasteiger partial charge on any atom is 0.223 e. The average Bonchev–Trinajstić information content (AvgIpc) is 2.40. The highest BCUT2D eigenvalue weighted by atomic mass is 16.5. The summed E-state index contributed by atoms with van der Waals surface area (Å²) in [5.41, 5.74) is 0. The van der Waals surface area contributed by atoms with Gasteiger partial charge < -0.3 is 15.0 Å². The van der Waals surface area contributed by atoms with Gasteiger partial charge in [-0.2, -0.15) is 0 Å². The molecule has 5 heteroatoms. The lowest BCUT2D eigenvalue weighted by molar-refractivity contribution is -0.126. The van der Waals surface area contributed by atoms with Gasteiger partial charge in [0, 0.05) is 32.1 Å². The molecule has 0 radical (unpaired) electrons. The Morgan fingerprint density at radius 3 is 2.56 bits per heavy atom.